The van der Waals surface area contributed by atoms with Gasteiger partial charge in [0.05, 0.1) is 23.1 Å². The molecule has 0 spiro atoms. The van der Waals surface area contributed by atoms with Gasteiger partial charge in [0.15, 0.2) is 0 Å². The molecule has 5 nitrogen and oxygen atoms in total. The number of halogens is 2. The number of esters is 1. The van der Waals surface area contributed by atoms with Crippen LogP contribution in [0.1, 0.15) is 18.5 Å². The second kappa shape index (κ2) is 8.14. The number of carbonyl (C=O) groups excluding carboxylic acids is 1. The van der Waals surface area contributed by atoms with Crippen molar-refractivity contribution in [2.75, 3.05) is 13.2 Å². The summed E-state index contributed by atoms with van der Waals surface area (Å²) < 4.78 is 33.7. The number of carbonyl (C=O) groups is 1. The molecule has 0 radical (unpaired) electrons. The van der Waals surface area contributed by atoms with Gasteiger partial charge in [-0.3, -0.25) is 0 Å². The first-order valence-electron chi connectivity index (χ1n) is 8.24. The minimum absolute atomic E-state index is 0.0731. The number of rotatable bonds is 5. The van der Waals surface area contributed by atoms with E-state index in [2.05, 4.69) is 15.9 Å². The van der Waals surface area contributed by atoms with Crippen molar-refractivity contribution in [2.24, 2.45) is 0 Å². The van der Waals surface area contributed by atoms with Gasteiger partial charge in [0, 0.05) is 16.0 Å². The predicted octanol–water partition coefficient (Wildman–Crippen LogP) is 4.34. The number of hydrogen-bond donors (Lipinski definition) is 0. The molecule has 0 aliphatic carbocycles. The van der Waals surface area contributed by atoms with E-state index < -0.39 is 22.0 Å². The Kier molecular flexibility index (Phi) is 6.05. The molecule has 0 N–H and O–H groups in total. The molecule has 0 bridgehead atoms. The summed E-state index contributed by atoms with van der Waals surface area (Å²) in [7, 11) is -3.84. The van der Waals surface area contributed by atoms with Gasteiger partial charge in [-0.2, -0.15) is 4.31 Å². The van der Waals surface area contributed by atoms with Crippen molar-refractivity contribution in [3.63, 3.8) is 0 Å². The van der Waals surface area contributed by atoms with Gasteiger partial charge in [0.1, 0.15) is 0 Å². The van der Waals surface area contributed by atoms with Crippen LogP contribution in [0.5, 0.6) is 0 Å². The molecule has 0 fully saturated rings. The lowest BCUT2D eigenvalue weighted by Gasteiger charge is -2.26. The lowest BCUT2D eigenvalue weighted by molar-refractivity contribution is -0.138. The van der Waals surface area contributed by atoms with Crippen molar-refractivity contribution in [3.8, 4) is 0 Å². The van der Waals surface area contributed by atoms with E-state index in [9.17, 15) is 13.2 Å². The number of ether oxygens (including phenoxy) is 1. The lowest BCUT2D eigenvalue weighted by atomic mass is 10.0. The fourth-order valence-electron chi connectivity index (χ4n) is 2.97. The number of nitrogens with zero attached hydrogens (tertiary/aromatic N) is 1. The average Bonchev–Trinajstić information content (AvgIpc) is 3.08. The van der Waals surface area contributed by atoms with Gasteiger partial charge in [-0.1, -0.05) is 45.7 Å². The zero-order valence-electron chi connectivity index (χ0n) is 14.4. The van der Waals surface area contributed by atoms with Crippen LogP contribution >= 0.6 is 27.5 Å². The van der Waals surface area contributed by atoms with Crippen molar-refractivity contribution in [1.29, 1.82) is 0 Å². The van der Waals surface area contributed by atoms with Gasteiger partial charge in [-0.25, -0.2) is 13.2 Å². The molecule has 1 aliphatic rings. The molecule has 8 heteroatoms. The minimum atomic E-state index is -3.84. The molecule has 1 atom stereocenters. The maximum absolute atomic E-state index is 13.2. The van der Waals surface area contributed by atoms with Crippen LogP contribution in [0, 0.1) is 0 Å². The van der Waals surface area contributed by atoms with Crippen LogP contribution in [0.3, 0.4) is 0 Å². The van der Waals surface area contributed by atoms with Crippen molar-refractivity contribution >= 4 is 43.5 Å². The second-order valence-corrected chi connectivity index (χ2v) is 9.11. The highest BCUT2D eigenvalue weighted by molar-refractivity contribution is 9.10. The average molecular weight is 471 g/mol. The smallest absolute Gasteiger partial charge is 0.335 e. The van der Waals surface area contributed by atoms with Crippen LogP contribution in [0.4, 0.5) is 0 Å². The van der Waals surface area contributed by atoms with E-state index in [4.69, 9.17) is 16.3 Å². The third-order valence-corrected chi connectivity index (χ3v) is 6.78. The van der Waals surface area contributed by atoms with Crippen LogP contribution < -0.4 is 0 Å². The first-order chi connectivity index (χ1) is 12.8. The Morgan fingerprint density at radius 3 is 2.59 bits per heavy atom. The first-order valence-corrected chi connectivity index (χ1v) is 10.9. The largest absolute Gasteiger partial charge is 0.463 e. The van der Waals surface area contributed by atoms with E-state index in [1.54, 1.807) is 49.4 Å². The summed E-state index contributed by atoms with van der Waals surface area (Å²) in [5, 5.41) is 0.462. The van der Waals surface area contributed by atoms with Crippen molar-refractivity contribution in [3.05, 3.63) is 75.2 Å². The SMILES string of the molecule is CCOC(=O)C1=CCN(S(=O)(=O)c2ccc(Br)cc2)C1c1cccc(Cl)c1. The molecular formula is C19H17BrClNO4S. The normalized spacial score (nSPS) is 17.6. The molecule has 3 rings (SSSR count). The van der Waals surface area contributed by atoms with Crippen molar-refractivity contribution < 1.29 is 17.9 Å². The van der Waals surface area contributed by atoms with E-state index in [0.29, 0.717) is 16.2 Å². The molecule has 142 valence electrons. The summed E-state index contributed by atoms with van der Waals surface area (Å²) in [6.07, 6.45) is 1.60. The Morgan fingerprint density at radius 2 is 1.96 bits per heavy atom. The van der Waals surface area contributed by atoms with Crippen LogP contribution in [0.2, 0.25) is 5.02 Å². The molecule has 0 aromatic heterocycles. The maximum atomic E-state index is 13.2. The molecule has 1 heterocycles. The summed E-state index contributed by atoms with van der Waals surface area (Å²) >= 11 is 9.40. The van der Waals surface area contributed by atoms with E-state index in [1.165, 1.54) is 16.4 Å². The highest BCUT2D eigenvalue weighted by atomic mass is 79.9. The lowest BCUT2D eigenvalue weighted by Crippen LogP contribution is -2.33. The van der Waals surface area contributed by atoms with Crippen LogP contribution in [-0.4, -0.2) is 31.8 Å². The zero-order valence-corrected chi connectivity index (χ0v) is 17.6. The standard InChI is InChI=1S/C19H17BrClNO4S/c1-2-26-19(23)17-10-11-22(18(17)13-4-3-5-15(21)12-13)27(24,25)16-8-6-14(20)7-9-16/h3-10,12,18H,2,11H2,1H3. The van der Waals surface area contributed by atoms with E-state index in [-0.39, 0.29) is 18.0 Å². The predicted molar refractivity (Wildman–Crippen MR) is 107 cm³/mol. The van der Waals surface area contributed by atoms with E-state index in [0.717, 1.165) is 4.47 Å². The summed E-state index contributed by atoms with van der Waals surface area (Å²) in [6.45, 7) is 1.99. The molecular weight excluding hydrogens is 454 g/mol. The van der Waals surface area contributed by atoms with Gasteiger partial charge >= 0.3 is 5.97 Å². The Labute approximate surface area is 171 Å². The van der Waals surface area contributed by atoms with Gasteiger partial charge in [-0.05, 0) is 48.9 Å². The van der Waals surface area contributed by atoms with Gasteiger partial charge in [0.2, 0.25) is 10.0 Å². The Balaban J connectivity index is 2.06. The number of sulfonamides is 1. The molecule has 0 saturated carbocycles. The summed E-state index contributed by atoms with van der Waals surface area (Å²) in [4.78, 5) is 12.6. The van der Waals surface area contributed by atoms with E-state index in [1.807, 2.05) is 0 Å². The summed E-state index contributed by atoms with van der Waals surface area (Å²) in [5.74, 6) is -0.531. The van der Waals surface area contributed by atoms with Gasteiger partial charge < -0.3 is 4.74 Å². The molecule has 27 heavy (non-hydrogen) atoms. The highest BCUT2D eigenvalue weighted by Gasteiger charge is 2.41. The quantitative estimate of drug-likeness (QED) is 0.610. The third kappa shape index (κ3) is 4.11. The number of hydrogen-bond acceptors (Lipinski definition) is 4. The zero-order chi connectivity index (χ0) is 19.6. The Hall–Kier alpha value is -1.67. The topological polar surface area (TPSA) is 63.7 Å². The van der Waals surface area contributed by atoms with Crippen LogP contribution in [-0.2, 0) is 19.6 Å². The second-order valence-electron chi connectivity index (χ2n) is 5.87. The Bertz CT molecular complexity index is 989. The van der Waals surface area contributed by atoms with E-state index >= 15 is 0 Å². The van der Waals surface area contributed by atoms with Gasteiger partial charge in [-0.15, -0.1) is 0 Å². The molecule has 1 aliphatic heterocycles. The minimum Gasteiger partial charge on any atom is -0.463 e. The highest BCUT2D eigenvalue weighted by Crippen LogP contribution is 2.39. The molecule has 1 unspecified atom stereocenters. The molecule has 0 amide bonds. The van der Waals surface area contributed by atoms with Crippen molar-refractivity contribution in [2.45, 2.75) is 17.9 Å². The maximum Gasteiger partial charge on any atom is 0.335 e. The number of benzene rings is 2. The fraction of sp³-hybridized carbons (Fsp3) is 0.211. The summed E-state index contributed by atoms with van der Waals surface area (Å²) in [5.41, 5.74) is 0.903. The molecule has 2 aromatic carbocycles. The molecule has 2 aromatic rings. The van der Waals surface area contributed by atoms with Crippen LogP contribution in [0.15, 0.2) is 69.5 Å². The van der Waals surface area contributed by atoms with Crippen molar-refractivity contribution in [1.82, 2.24) is 4.31 Å². The van der Waals surface area contributed by atoms with Gasteiger partial charge in [0.25, 0.3) is 0 Å². The monoisotopic (exact) mass is 469 g/mol. The third-order valence-electron chi connectivity index (χ3n) is 4.17. The Morgan fingerprint density at radius 1 is 1.26 bits per heavy atom. The molecule has 0 saturated heterocycles. The first kappa shape index (κ1) is 20.1. The fourth-order valence-corrected chi connectivity index (χ4v) is 4.97. The summed E-state index contributed by atoms with van der Waals surface area (Å²) in [6, 6.07) is 12.4. The van der Waals surface area contributed by atoms with Crippen LogP contribution in [0.25, 0.3) is 0 Å².